The quantitative estimate of drug-likeness (QED) is 0.599. The molecule has 1 saturated carbocycles. The van der Waals surface area contributed by atoms with Crippen LogP contribution in [-0.4, -0.2) is 30.2 Å². The van der Waals surface area contributed by atoms with Crippen LogP contribution in [0.25, 0.3) is 0 Å². The summed E-state index contributed by atoms with van der Waals surface area (Å²) in [6.45, 7) is 2.92. The predicted octanol–water partition coefficient (Wildman–Crippen LogP) is 0.393. The van der Waals surface area contributed by atoms with Crippen LogP contribution in [0.5, 0.6) is 0 Å². The van der Waals surface area contributed by atoms with Crippen LogP contribution < -0.4 is 11.1 Å². The number of carbonyl (C=O) groups is 1. The molecule has 1 aliphatic carbocycles. The maximum absolute atomic E-state index is 11.8. The Morgan fingerprint density at radius 2 is 2.27 bits per heavy atom. The number of amides is 1. The number of hydrogen-bond donors (Lipinski definition) is 3. The van der Waals surface area contributed by atoms with Crippen molar-refractivity contribution in [1.82, 2.24) is 5.32 Å². The minimum absolute atomic E-state index is 0.0690. The van der Waals surface area contributed by atoms with Crippen LogP contribution in [-0.2, 0) is 4.79 Å². The van der Waals surface area contributed by atoms with E-state index in [4.69, 9.17) is 5.73 Å². The molecule has 0 saturated heterocycles. The number of hydrogen-bond acceptors (Lipinski definition) is 3. The summed E-state index contributed by atoms with van der Waals surface area (Å²) in [7, 11) is 0. The lowest BCUT2D eigenvalue weighted by molar-refractivity contribution is -0.135. The fraction of sp³-hybridized carbons (Fsp3) is 0.909. The van der Waals surface area contributed by atoms with Crippen molar-refractivity contribution in [3.8, 4) is 0 Å². The molecule has 1 rings (SSSR count). The third-order valence-corrected chi connectivity index (χ3v) is 3.42. The second-order valence-electron chi connectivity index (χ2n) is 4.44. The van der Waals surface area contributed by atoms with Crippen molar-refractivity contribution in [2.75, 3.05) is 13.1 Å². The van der Waals surface area contributed by atoms with Crippen LogP contribution in [0.15, 0.2) is 0 Å². The molecule has 4 nitrogen and oxygen atoms in total. The molecule has 1 aliphatic rings. The van der Waals surface area contributed by atoms with Gasteiger partial charge >= 0.3 is 0 Å². The van der Waals surface area contributed by atoms with E-state index >= 15 is 0 Å². The van der Waals surface area contributed by atoms with Crippen LogP contribution in [0.3, 0.4) is 0 Å². The molecule has 0 bridgehead atoms. The molecule has 0 aromatic rings. The first-order chi connectivity index (χ1) is 7.14. The first-order valence-corrected chi connectivity index (χ1v) is 5.81. The highest BCUT2D eigenvalue weighted by Gasteiger charge is 2.42. The topological polar surface area (TPSA) is 75.3 Å². The minimum atomic E-state index is -0.305. The number of nitrogens with one attached hydrogen (secondary N) is 1. The van der Waals surface area contributed by atoms with Gasteiger partial charge in [-0.2, -0.15) is 0 Å². The van der Waals surface area contributed by atoms with Gasteiger partial charge in [-0.15, -0.1) is 0 Å². The van der Waals surface area contributed by atoms with Gasteiger partial charge in [-0.1, -0.05) is 13.3 Å². The summed E-state index contributed by atoms with van der Waals surface area (Å²) >= 11 is 0. The van der Waals surface area contributed by atoms with Crippen LogP contribution in [0.1, 0.15) is 39.0 Å². The highest BCUT2D eigenvalue weighted by molar-refractivity contribution is 5.83. The van der Waals surface area contributed by atoms with Crippen LogP contribution >= 0.6 is 0 Å². The molecule has 88 valence electrons. The Bertz CT molecular complexity index is 209. The molecule has 0 radical (unpaired) electrons. The Labute approximate surface area is 91.2 Å². The molecule has 0 spiro atoms. The summed E-state index contributed by atoms with van der Waals surface area (Å²) in [4.78, 5) is 11.8. The van der Waals surface area contributed by atoms with Crippen molar-refractivity contribution in [3.63, 3.8) is 0 Å². The number of nitrogens with two attached hydrogens (primary N) is 1. The largest absolute Gasteiger partial charge is 0.393 e. The van der Waals surface area contributed by atoms with Gasteiger partial charge in [0.2, 0.25) is 5.91 Å². The van der Waals surface area contributed by atoms with E-state index in [9.17, 15) is 9.90 Å². The highest BCUT2D eigenvalue weighted by Crippen LogP contribution is 2.39. The molecule has 1 fully saturated rings. The highest BCUT2D eigenvalue weighted by atomic mass is 16.3. The first-order valence-electron chi connectivity index (χ1n) is 5.81. The molecule has 0 aromatic heterocycles. The molecule has 1 atom stereocenters. The van der Waals surface area contributed by atoms with Gasteiger partial charge in [-0.3, -0.25) is 4.79 Å². The maximum atomic E-state index is 11.8. The van der Waals surface area contributed by atoms with E-state index in [2.05, 4.69) is 5.32 Å². The van der Waals surface area contributed by atoms with Gasteiger partial charge < -0.3 is 16.2 Å². The molecule has 0 aliphatic heterocycles. The van der Waals surface area contributed by atoms with Gasteiger partial charge in [0.25, 0.3) is 0 Å². The fourth-order valence-electron chi connectivity index (χ4n) is 1.87. The van der Waals surface area contributed by atoms with Gasteiger partial charge in [-0.05, 0) is 25.7 Å². The molecule has 4 heteroatoms. The molecule has 0 heterocycles. The normalized spacial score (nSPS) is 20.5. The number of aliphatic hydroxyl groups is 1. The van der Waals surface area contributed by atoms with E-state index in [0.29, 0.717) is 19.5 Å². The van der Waals surface area contributed by atoms with Gasteiger partial charge in [0, 0.05) is 13.1 Å². The zero-order valence-electron chi connectivity index (χ0n) is 9.46. The maximum Gasteiger partial charge on any atom is 0.227 e. The Hall–Kier alpha value is -0.610. The Morgan fingerprint density at radius 3 is 2.67 bits per heavy atom. The fourth-order valence-corrected chi connectivity index (χ4v) is 1.87. The molecule has 4 N–H and O–H groups in total. The zero-order valence-corrected chi connectivity index (χ0v) is 9.46. The van der Waals surface area contributed by atoms with E-state index in [1.165, 1.54) is 0 Å². The van der Waals surface area contributed by atoms with E-state index in [1.807, 2.05) is 6.92 Å². The standard InChI is InChI=1S/C11H22N2O2/c1-2-9(14)4-7-13-10(15)11(8-12)5-3-6-11/h9,14H,2-8,12H2,1H3,(H,13,15). The van der Waals surface area contributed by atoms with E-state index in [-0.39, 0.29) is 17.4 Å². The van der Waals surface area contributed by atoms with Crippen molar-refractivity contribution in [2.45, 2.75) is 45.1 Å². The van der Waals surface area contributed by atoms with Crippen molar-refractivity contribution in [2.24, 2.45) is 11.1 Å². The van der Waals surface area contributed by atoms with Gasteiger partial charge in [0.15, 0.2) is 0 Å². The Balaban J connectivity index is 2.23. The summed E-state index contributed by atoms with van der Waals surface area (Å²) in [5, 5.41) is 12.2. The van der Waals surface area contributed by atoms with Crippen molar-refractivity contribution < 1.29 is 9.90 Å². The van der Waals surface area contributed by atoms with Gasteiger partial charge in [-0.25, -0.2) is 0 Å². The molecular formula is C11H22N2O2. The Morgan fingerprint density at radius 1 is 1.60 bits per heavy atom. The number of carbonyl (C=O) groups excluding carboxylic acids is 1. The first kappa shape index (κ1) is 12.5. The predicted molar refractivity (Wildman–Crippen MR) is 59.3 cm³/mol. The zero-order chi connectivity index (χ0) is 11.3. The summed E-state index contributed by atoms with van der Waals surface area (Å²) < 4.78 is 0. The average Bonchev–Trinajstić information content (AvgIpc) is 2.16. The molecular weight excluding hydrogens is 192 g/mol. The molecule has 0 aromatic carbocycles. The van der Waals surface area contributed by atoms with Gasteiger partial charge in [0.05, 0.1) is 11.5 Å². The van der Waals surface area contributed by atoms with Crippen LogP contribution in [0.4, 0.5) is 0 Å². The SMILES string of the molecule is CCC(O)CCNC(=O)C1(CN)CCC1. The van der Waals surface area contributed by atoms with Crippen LogP contribution in [0.2, 0.25) is 0 Å². The second-order valence-corrected chi connectivity index (χ2v) is 4.44. The van der Waals surface area contributed by atoms with E-state index < -0.39 is 0 Å². The lowest BCUT2D eigenvalue weighted by Crippen LogP contribution is -2.50. The molecule has 1 amide bonds. The third kappa shape index (κ3) is 2.92. The lowest BCUT2D eigenvalue weighted by atomic mass is 9.68. The summed E-state index contributed by atoms with van der Waals surface area (Å²) in [5.41, 5.74) is 5.32. The van der Waals surface area contributed by atoms with Crippen LogP contribution in [0, 0.1) is 5.41 Å². The average molecular weight is 214 g/mol. The minimum Gasteiger partial charge on any atom is -0.393 e. The lowest BCUT2D eigenvalue weighted by Gasteiger charge is -2.39. The van der Waals surface area contributed by atoms with Gasteiger partial charge in [0.1, 0.15) is 0 Å². The van der Waals surface area contributed by atoms with Crippen molar-refractivity contribution >= 4 is 5.91 Å². The summed E-state index contributed by atoms with van der Waals surface area (Å²) in [6, 6.07) is 0. The smallest absolute Gasteiger partial charge is 0.227 e. The van der Waals surface area contributed by atoms with Crippen molar-refractivity contribution in [1.29, 1.82) is 0 Å². The molecule has 15 heavy (non-hydrogen) atoms. The number of aliphatic hydroxyl groups excluding tert-OH is 1. The molecule has 1 unspecified atom stereocenters. The van der Waals surface area contributed by atoms with E-state index in [0.717, 1.165) is 25.7 Å². The van der Waals surface area contributed by atoms with Crippen molar-refractivity contribution in [3.05, 3.63) is 0 Å². The Kier molecular flexibility index (Phi) is 4.54. The summed E-state index contributed by atoms with van der Waals surface area (Å²) in [5.74, 6) is 0.0690. The monoisotopic (exact) mass is 214 g/mol. The second kappa shape index (κ2) is 5.47. The van der Waals surface area contributed by atoms with E-state index in [1.54, 1.807) is 0 Å². The number of rotatable bonds is 6. The summed E-state index contributed by atoms with van der Waals surface area (Å²) in [6.07, 6.45) is 3.97. The third-order valence-electron chi connectivity index (χ3n) is 3.42.